The molecule has 5 nitrogen and oxygen atoms in total. The molecule has 6 heteroatoms. The highest BCUT2D eigenvalue weighted by Gasteiger charge is 2.25. The topological polar surface area (TPSA) is 52.7 Å². The van der Waals surface area contributed by atoms with Crippen molar-refractivity contribution in [1.82, 2.24) is 4.90 Å². The van der Waals surface area contributed by atoms with Crippen LogP contribution in [0.5, 0.6) is 0 Å². The zero-order chi connectivity index (χ0) is 22.4. The van der Waals surface area contributed by atoms with Crippen LogP contribution in [0.1, 0.15) is 50.0 Å². The highest BCUT2D eigenvalue weighted by Crippen LogP contribution is 2.27. The summed E-state index contributed by atoms with van der Waals surface area (Å²) in [6.45, 7) is 8.33. The minimum Gasteiger partial charge on any atom is -0.377 e. The summed E-state index contributed by atoms with van der Waals surface area (Å²) in [6.07, 6.45) is 0.393. The standard InChI is InChI=1S/C24H32FN3O2/c1-7-23(29)26-21-12-13-22(27(5)6)19(14-21)15-28(17(4)16(2)3)24(30)18-8-10-20(25)11-9-18/h8-14,16-17H,7,15H2,1-6H3,(H,26,29)/t17-/m0/s1. The maximum absolute atomic E-state index is 13.3. The minimum absolute atomic E-state index is 0.0357. The summed E-state index contributed by atoms with van der Waals surface area (Å²) >= 11 is 0. The van der Waals surface area contributed by atoms with E-state index < -0.39 is 0 Å². The molecule has 0 aliphatic heterocycles. The van der Waals surface area contributed by atoms with Crippen molar-refractivity contribution >= 4 is 23.2 Å². The number of hydrogen-bond acceptors (Lipinski definition) is 3. The maximum atomic E-state index is 13.3. The molecule has 0 saturated carbocycles. The number of carbonyl (C=O) groups is 2. The van der Waals surface area contributed by atoms with Gasteiger partial charge in [0.1, 0.15) is 5.82 Å². The lowest BCUT2D eigenvalue weighted by atomic mass is 10.0. The van der Waals surface area contributed by atoms with Crippen LogP contribution < -0.4 is 10.2 Å². The van der Waals surface area contributed by atoms with Crippen molar-refractivity contribution in [3.63, 3.8) is 0 Å². The number of benzene rings is 2. The van der Waals surface area contributed by atoms with Crippen LogP contribution in [-0.2, 0) is 11.3 Å². The van der Waals surface area contributed by atoms with Gasteiger partial charge in [0.2, 0.25) is 5.91 Å². The van der Waals surface area contributed by atoms with Crippen molar-refractivity contribution in [2.45, 2.75) is 46.7 Å². The highest BCUT2D eigenvalue weighted by atomic mass is 19.1. The zero-order valence-corrected chi connectivity index (χ0v) is 18.7. The lowest BCUT2D eigenvalue weighted by molar-refractivity contribution is -0.115. The molecule has 1 N–H and O–H groups in total. The molecule has 0 bridgehead atoms. The average molecular weight is 414 g/mol. The number of anilines is 2. The van der Waals surface area contributed by atoms with Gasteiger partial charge in [-0.15, -0.1) is 0 Å². The fourth-order valence-corrected chi connectivity index (χ4v) is 3.18. The Balaban J connectivity index is 2.44. The molecule has 0 unspecified atom stereocenters. The van der Waals surface area contributed by atoms with Gasteiger partial charge in [0, 0.05) is 50.0 Å². The second-order valence-corrected chi connectivity index (χ2v) is 8.06. The maximum Gasteiger partial charge on any atom is 0.254 e. The van der Waals surface area contributed by atoms with E-state index in [1.165, 1.54) is 24.3 Å². The number of carbonyl (C=O) groups excluding carboxylic acids is 2. The van der Waals surface area contributed by atoms with Crippen molar-refractivity contribution in [2.24, 2.45) is 5.92 Å². The monoisotopic (exact) mass is 413 g/mol. The Labute approximate surface area is 178 Å². The molecule has 2 aromatic rings. The molecule has 0 saturated heterocycles. The minimum atomic E-state index is -0.371. The van der Waals surface area contributed by atoms with Gasteiger partial charge in [0.15, 0.2) is 0 Å². The van der Waals surface area contributed by atoms with E-state index >= 15 is 0 Å². The van der Waals surface area contributed by atoms with Gasteiger partial charge in [0.05, 0.1) is 0 Å². The molecule has 0 heterocycles. The Morgan fingerprint density at radius 3 is 2.20 bits per heavy atom. The highest BCUT2D eigenvalue weighted by molar-refractivity contribution is 5.94. The van der Waals surface area contributed by atoms with Crippen LogP contribution in [-0.4, -0.2) is 36.9 Å². The summed E-state index contributed by atoms with van der Waals surface area (Å²) in [6, 6.07) is 11.3. The quantitative estimate of drug-likeness (QED) is 0.668. The Hall–Kier alpha value is -2.89. The van der Waals surface area contributed by atoms with Crippen molar-refractivity contribution in [3.05, 3.63) is 59.4 Å². The normalized spacial score (nSPS) is 11.9. The van der Waals surface area contributed by atoms with E-state index in [1.54, 1.807) is 6.92 Å². The molecule has 30 heavy (non-hydrogen) atoms. The Morgan fingerprint density at radius 2 is 1.67 bits per heavy atom. The summed E-state index contributed by atoms with van der Waals surface area (Å²) in [5, 5.41) is 2.89. The van der Waals surface area contributed by atoms with E-state index in [9.17, 15) is 14.0 Å². The van der Waals surface area contributed by atoms with Crippen LogP contribution in [0.15, 0.2) is 42.5 Å². The second-order valence-electron chi connectivity index (χ2n) is 8.06. The van der Waals surface area contributed by atoms with Crippen molar-refractivity contribution in [1.29, 1.82) is 0 Å². The molecule has 0 fully saturated rings. The lowest BCUT2D eigenvalue weighted by Crippen LogP contribution is -2.41. The molecule has 0 spiro atoms. The molecule has 0 radical (unpaired) electrons. The van der Waals surface area contributed by atoms with Crippen molar-refractivity contribution < 1.29 is 14.0 Å². The smallest absolute Gasteiger partial charge is 0.254 e. The van der Waals surface area contributed by atoms with Gasteiger partial charge in [-0.2, -0.15) is 0 Å². The third-order valence-electron chi connectivity index (χ3n) is 5.32. The molecule has 2 rings (SSSR count). The SMILES string of the molecule is CCC(=O)Nc1ccc(N(C)C)c(CN(C(=O)c2ccc(F)cc2)[C@@H](C)C(C)C)c1. The van der Waals surface area contributed by atoms with Crippen LogP contribution in [0.2, 0.25) is 0 Å². The first-order chi connectivity index (χ1) is 14.1. The Morgan fingerprint density at radius 1 is 1.03 bits per heavy atom. The van der Waals surface area contributed by atoms with Crippen LogP contribution in [0.4, 0.5) is 15.8 Å². The van der Waals surface area contributed by atoms with Gasteiger partial charge in [-0.1, -0.05) is 20.8 Å². The zero-order valence-electron chi connectivity index (χ0n) is 18.7. The summed E-state index contributed by atoms with van der Waals surface area (Å²) in [5.74, 6) is -0.346. The molecule has 0 aliphatic rings. The predicted octanol–water partition coefficient (Wildman–Crippen LogP) is 4.93. The number of amides is 2. The van der Waals surface area contributed by atoms with Gasteiger partial charge < -0.3 is 15.1 Å². The number of rotatable bonds is 8. The number of nitrogens with zero attached hydrogens (tertiary/aromatic N) is 2. The van der Waals surface area contributed by atoms with E-state index in [1.807, 2.05) is 49.0 Å². The van der Waals surface area contributed by atoms with Gasteiger partial charge >= 0.3 is 0 Å². The van der Waals surface area contributed by atoms with E-state index in [0.717, 1.165) is 11.3 Å². The number of halogens is 1. The van der Waals surface area contributed by atoms with E-state index in [4.69, 9.17) is 0 Å². The van der Waals surface area contributed by atoms with Crippen LogP contribution in [0.25, 0.3) is 0 Å². The Kier molecular flexibility index (Phi) is 7.98. The fourth-order valence-electron chi connectivity index (χ4n) is 3.18. The molecule has 0 aliphatic carbocycles. The Bertz CT molecular complexity index is 879. The van der Waals surface area contributed by atoms with Gasteiger partial charge in [-0.25, -0.2) is 4.39 Å². The van der Waals surface area contributed by atoms with Crippen LogP contribution in [0.3, 0.4) is 0 Å². The lowest BCUT2D eigenvalue weighted by Gasteiger charge is -2.33. The number of hydrogen-bond donors (Lipinski definition) is 1. The molecule has 2 aromatic carbocycles. The van der Waals surface area contributed by atoms with Crippen LogP contribution in [0, 0.1) is 11.7 Å². The largest absolute Gasteiger partial charge is 0.377 e. The van der Waals surface area contributed by atoms with E-state index in [-0.39, 0.29) is 29.6 Å². The van der Waals surface area contributed by atoms with E-state index in [0.29, 0.717) is 24.2 Å². The summed E-state index contributed by atoms with van der Waals surface area (Å²) in [5.41, 5.74) is 3.05. The molecule has 2 amide bonds. The molecular formula is C24H32FN3O2. The fraction of sp³-hybridized carbons (Fsp3) is 0.417. The van der Waals surface area contributed by atoms with Crippen molar-refractivity contribution in [3.8, 4) is 0 Å². The molecule has 162 valence electrons. The third-order valence-corrected chi connectivity index (χ3v) is 5.32. The van der Waals surface area contributed by atoms with Crippen molar-refractivity contribution in [2.75, 3.05) is 24.3 Å². The van der Waals surface area contributed by atoms with E-state index in [2.05, 4.69) is 19.2 Å². The summed E-state index contributed by atoms with van der Waals surface area (Å²) in [7, 11) is 3.89. The first-order valence-corrected chi connectivity index (χ1v) is 10.3. The summed E-state index contributed by atoms with van der Waals surface area (Å²) < 4.78 is 13.3. The molecular weight excluding hydrogens is 381 g/mol. The van der Waals surface area contributed by atoms with Gasteiger partial charge in [0.25, 0.3) is 5.91 Å². The number of nitrogens with one attached hydrogen (secondary N) is 1. The van der Waals surface area contributed by atoms with Gasteiger partial charge in [-0.05, 0) is 60.9 Å². The average Bonchev–Trinajstić information content (AvgIpc) is 2.71. The third kappa shape index (κ3) is 5.81. The first kappa shape index (κ1) is 23.4. The predicted molar refractivity (Wildman–Crippen MR) is 120 cm³/mol. The summed E-state index contributed by atoms with van der Waals surface area (Å²) in [4.78, 5) is 29.0. The molecule has 1 atom stereocenters. The second kappa shape index (κ2) is 10.2. The first-order valence-electron chi connectivity index (χ1n) is 10.3. The molecule has 0 aromatic heterocycles. The van der Waals surface area contributed by atoms with Crippen LogP contribution >= 0.6 is 0 Å². The van der Waals surface area contributed by atoms with Gasteiger partial charge in [-0.3, -0.25) is 9.59 Å².